The number of hydroxylamine groups is 1. The summed E-state index contributed by atoms with van der Waals surface area (Å²) in [7, 11) is 0. The third-order valence-electron chi connectivity index (χ3n) is 2.59. The van der Waals surface area contributed by atoms with Crippen LogP contribution in [0.3, 0.4) is 0 Å². The molecule has 116 valence electrons. The zero-order chi connectivity index (χ0) is 15.8. The van der Waals surface area contributed by atoms with Gasteiger partial charge in [0.25, 0.3) is 11.8 Å². The molecule has 22 heavy (non-hydrogen) atoms. The van der Waals surface area contributed by atoms with Crippen LogP contribution in [0.15, 0.2) is 24.3 Å². The fourth-order valence-electron chi connectivity index (χ4n) is 1.51. The monoisotopic (exact) mass is 302 g/mol. The zero-order valence-electron chi connectivity index (χ0n) is 11.3. The SMILES string of the molecule is C.C#CC#Cc1ccc(C(=O)N[C@H](C(=O)NO)[C@@H](C)O)cc1. The molecule has 6 heteroatoms. The molecule has 0 saturated heterocycles. The van der Waals surface area contributed by atoms with Gasteiger partial charge in [-0.1, -0.05) is 13.3 Å². The molecule has 2 atom stereocenters. The Balaban J connectivity index is 0.00000441. The van der Waals surface area contributed by atoms with Crippen molar-refractivity contribution in [1.82, 2.24) is 10.8 Å². The normalized spacial score (nSPS) is 11.5. The van der Waals surface area contributed by atoms with E-state index in [4.69, 9.17) is 11.6 Å². The number of amides is 2. The molecule has 0 aliphatic heterocycles. The Morgan fingerprint density at radius 2 is 1.86 bits per heavy atom. The van der Waals surface area contributed by atoms with Gasteiger partial charge in [-0.3, -0.25) is 14.8 Å². The van der Waals surface area contributed by atoms with Gasteiger partial charge in [0, 0.05) is 11.1 Å². The van der Waals surface area contributed by atoms with Gasteiger partial charge in [0.1, 0.15) is 6.04 Å². The summed E-state index contributed by atoms with van der Waals surface area (Å²) >= 11 is 0. The maximum Gasteiger partial charge on any atom is 0.268 e. The van der Waals surface area contributed by atoms with Crippen LogP contribution in [0.25, 0.3) is 0 Å². The van der Waals surface area contributed by atoms with Crippen molar-refractivity contribution in [3.05, 3.63) is 35.4 Å². The molecule has 0 aliphatic carbocycles. The van der Waals surface area contributed by atoms with E-state index in [0.29, 0.717) is 5.56 Å². The van der Waals surface area contributed by atoms with Crippen LogP contribution < -0.4 is 10.8 Å². The van der Waals surface area contributed by atoms with Gasteiger partial charge in [-0.25, -0.2) is 5.48 Å². The van der Waals surface area contributed by atoms with E-state index in [9.17, 15) is 14.7 Å². The first-order valence-corrected chi connectivity index (χ1v) is 5.99. The summed E-state index contributed by atoms with van der Waals surface area (Å²) in [6, 6.07) is 4.95. The number of carbonyl (C=O) groups excluding carboxylic acids is 2. The topological polar surface area (TPSA) is 98.7 Å². The van der Waals surface area contributed by atoms with E-state index in [2.05, 4.69) is 23.1 Å². The van der Waals surface area contributed by atoms with E-state index in [1.54, 1.807) is 12.1 Å². The summed E-state index contributed by atoms with van der Waals surface area (Å²) in [6.07, 6.45) is 3.84. The average Bonchev–Trinajstić information content (AvgIpc) is 2.49. The smallest absolute Gasteiger partial charge is 0.268 e. The fraction of sp³-hybridized carbons (Fsp3) is 0.250. The minimum absolute atomic E-state index is 0. The summed E-state index contributed by atoms with van der Waals surface area (Å²) in [6.45, 7) is 1.32. The number of aliphatic hydroxyl groups is 1. The lowest BCUT2D eigenvalue weighted by molar-refractivity contribution is -0.133. The second kappa shape index (κ2) is 9.19. The molecule has 4 N–H and O–H groups in total. The first kappa shape index (κ1) is 19.2. The molecule has 1 rings (SSSR count). The molecule has 1 aromatic rings. The third-order valence-corrected chi connectivity index (χ3v) is 2.59. The molecule has 0 fully saturated rings. The molecule has 0 bridgehead atoms. The fourth-order valence-corrected chi connectivity index (χ4v) is 1.51. The highest BCUT2D eigenvalue weighted by molar-refractivity contribution is 5.97. The van der Waals surface area contributed by atoms with Crippen molar-refractivity contribution < 1.29 is 19.9 Å². The minimum atomic E-state index is -1.26. The Morgan fingerprint density at radius 1 is 1.27 bits per heavy atom. The zero-order valence-corrected chi connectivity index (χ0v) is 11.3. The van der Waals surface area contributed by atoms with Crippen molar-refractivity contribution in [3.8, 4) is 24.2 Å². The Kier molecular flexibility index (Phi) is 8.02. The number of carbonyl (C=O) groups is 2. The van der Waals surface area contributed by atoms with Gasteiger partial charge in [-0.15, -0.1) is 6.42 Å². The number of hydrogen-bond acceptors (Lipinski definition) is 4. The minimum Gasteiger partial charge on any atom is -0.391 e. The van der Waals surface area contributed by atoms with Crippen molar-refractivity contribution in [2.45, 2.75) is 26.5 Å². The van der Waals surface area contributed by atoms with E-state index in [-0.39, 0.29) is 13.0 Å². The van der Waals surface area contributed by atoms with E-state index >= 15 is 0 Å². The number of aliphatic hydroxyl groups excluding tert-OH is 1. The lowest BCUT2D eigenvalue weighted by atomic mass is 10.1. The molecule has 2 amide bonds. The molecule has 0 aromatic heterocycles. The van der Waals surface area contributed by atoms with Crippen LogP contribution in [-0.4, -0.2) is 34.3 Å². The van der Waals surface area contributed by atoms with Crippen LogP contribution in [-0.2, 0) is 4.79 Å². The standard InChI is InChI=1S/C15H14N2O4.CH4/c1-3-4-5-11-6-8-12(9-7-11)14(19)16-13(10(2)18)15(20)17-21;/h1,6-10,13,18,21H,2H3,(H,16,19)(H,17,20);1H4/t10-,13+;/m1./s1. The number of rotatable bonds is 4. The van der Waals surface area contributed by atoms with Gasteiger partial charge < -0.3 is 10.4 Å². The summed E-state index contributed by atoms with van der Waals surface area (Å²) < 4.78 is 0. The maximum atomic E-state index is 12.0. The summed E-state index contributed by atoms with van der Waals surface area (Å²) in [4.78, 5) is 23.3. The lowest BCUT2D eigenvalue weighted by Gasteiger charge is -2.19. The molecule has 0 unspecified atom stereocenters. The third kappa shape index (κ3) is 5.29. The van der Waals surface area contributed by atoms with Crippen LogP contribution in [0, 0.1) is 24.2 Å². The second-order valence-electron chi connectivity index (χ2n) is 4.14. The molecule has 0 saturated carbocycles. The Hall–Kier alpha value is -2.80. The molecule has 0 radical (unpaired) electrons. The predicted molar refractivity (Wildman–Crippen MR) is 81.7 cm³/mol. The van der Waals surface area contributed by atoms with Crippen LogP contribution >= 0.6 is 0 Å². The molecular weight excluding hydrogens is 284 g/mol. The summed E-state index contributed by atoms with van der Waals surface area (Å²) in [5.41, 5.74) is 2.30. The van der Waals surface area contributed by atoms with E-state index < -0.39 is 24.0 Å². The number of benzene rings is 1. The van der Waals surface area contributed by atoms with Gasteiger partial charge in [0.2, 0.25) is 0 Å². The van der Waals surface area contributed by atoms with Crippen molar-refractivity contribution in [3.63, 3.8) is 0 Å². The maximum absolute atomic E-state index is 12.0. The molecule has 1 aromatic carbocycles. The molecular formula is C16H18N2O4. The van der Waals surface area contributed by atoms with Gasteiger partial charge >= 0.3 is 0 Å². The summed E-state index contributed by atoms with van der Waals surface area (Å²) in [5.74, 6) is 5.84. The van der Waals surface area contributed by atoms with Crippen molar-refractivity contribution >= 4 is 11.8 Å². The quantitative estimate of drug-likeness (QED) is 0.365. The van der Waals surface area contributed by atoms with Crippen LogP contribution in [0.4, 0.5) is 0 Å². The first-order chi connectivity index (χ1) is 9.99. The average molecular weight is 302 g/mol. The Labute approximate surface area is 129 Å². The Bertz CT molecular complexity index is 618. The highest BCUT2D eigenvalue weighted by Crippen LogP contribution is 2.04. The molecule has 6 nitrogen and oxygen atoms in total. The molecule has 0 heterocycles. The van der Waals surface area contributed by atoms with Gasteiger partial charge in [0.05, 0.1) is 6.10 Å². The number of terminal acetylenes is 1. The van der Waals surface area contributed by atoms with Crippen LogP contribution in [0.5, 0.6) is 0 Å². The summed E-state index contributed by atoms with van der Waals surface area (Å²) in [5, 5.41) is 20.3. The van der Waals surface area contributed by atoms with Gasteiger partial charge in [-0.05, 0) is 43.0 Å². The van der Waals surface area contributed by atoms with E-state index in [1.165, 1.54) is 24.5 Å². The van der Waals surface area contributed by atoms with E-state index in [1.807, 2.05) is 0 Å². The number of hydrogen-bond donors (Lipinski definition) is 4. The molecule has 0 spiro atoms. The highest BCUT2D eigenvalue weighted by atomic mass is 16.5. The van der Waals surface area contributed by atoms with Crippen molar-refractivity contribution in [1.29, 1.82) is 0 Å². The Morgan fingerprint density at radius 3 is 2.32 bits per heavy atom. The predicted octanol–water partition coefficient (Wildman–Crippen LogP) is 0.292. The van der Waals surface area contributed by atoms with Crippen molar-refractivity contribution in [2.75, 3.05) is 0 Å². The highest BCUT2D eigenvalue weighted by Gasteiger charge is 2.25. The van der Waals surface area contributed by atoms with Gasteiger partial charge in [-0.2, -0.15) is 0 Å². The van der Waals surface area contributed by atoms with Crippen LogP contribution in [0.2, 0.25) is 0 Å². The van der Waals surface area contributed by atoms with Crippen molar-refractivity contribution in [2.24, 2.45) is 0 Å². The number of nitrogens with one attached hydrogen (secondary N) is 2. The first-order valence-electron chi connectivity index (χ1n) is 5.99. The largest absolute Gasteiger partial charge is 0.391 e. The molecule has 0 aliphatic rings. The van der Waals surface area contributed by atoms with Crippen LogP contribution in [0.1, 0.15) is 30.3 Å². The van der Waals surface area contributed by atoms with E-state index in [0.717, 1.165) is 0 Å². The lowest BCUT2D eigenvalue weighted by Crippen LogP contribution is -2.51. The second-order valence-corrected chi connectivity index (χ2v) is 4.14. The van der Waals surface area contributed by atoms with Gasteiger partial charge in [0.15, 0.2) is 0 Å².